The van der Waals surface area contributed by atoms with Crippen molar-refractivity contribution in [2.45, 2.75) is 93.9 Å². The van der Waals surface area contributed by atoms with E-state index >= 15 is 0 Å². The smallest absolute Gasteiger partial charge is 0.149 e. The molecule has 5 aromatic rings. The maximum Gasteiger partial charge on any atom is 0.149 e. The Labute approximate surface area is 297 Å². The first-order chi connectivity index (χ1) is 23.4. The molecule has 0 aliphatic carbocycles. The molecule has 0 heterocycles. The van der Waals surface area contributed by atoms with E-state index in [2.05, 4.69) is 82.3 Å². The molecule has 0 unspecified atom stereocenters. The average Bonchev–Trinajstić information content (AvgIpc) is 3.04. The molecule has 0 bridgehead atoms. The van der Waals surface area contributed by atoms with Gasteiger partial charge in [0.05, 0.1) is 0 Å². The molecule has 0 fully saturated rings. The number of aromatic hydroxyl groups is 2. The van der Waals surface area contributed by atoms with Gasteiger partial charge in [-0.1, -0.05) is 82.3 Å². The van der Waals surface area contributed by atoms with Crippen LogP contribution in [0.25, 0.3) is 0 Å². The zero-order valence-corrected chi connectivity index (χ0v) is 31.5. The Morgan fingerprint density at radius 2 is 0.740 bits per heavy atom. The van der Waals surface area contributed by atoms with E-state index in [1.807, 2.05) is 61.5 Å². The molecule has 50 heavy (non-hydrogen) atoms. The molecular formula is C45H49NO4. The second-order valence-corrected chi connectivity index (χ2v) is 15.0. The number of hydrogen-bond donors (Lipinski definition) is 2. The number of aryl methyl sites for hydroxylation is 8. The highest BCUT2D eigenvalue weighted by molar-refractivity contribution is 5.59. The van der Waals surface area contributed by atoms with Crippen LogP contribution in [0.1, 0.15) is 100 Å². The molecular weight excluding hydrogens is 618 g/mol. The van der Waals surface area contributed by atoms with Crippen LogP contribution in [-0.4, -0.2) is 10.2 Å². The summed E-state index contributed by atoms with van der Waals surface area (Å²) in [6, 6.07) is 24.6. The highest BCUT2D eigenvalue weighted by Gasteiger charge is 2.28. The van der Waals surface area contributed by atoms with Gasteiger partial charge in [-0.2, -0.15) is 5.26 Å². The minimum atomic E-state index is -0.314. The van der Waals surface area contributed by atoms with Crippen LogP contribution >= 0.6 is 0 Å². The Bertz CT molecular complexity index is 1940. The summed E-state index contributed by atoms with van der Waals surface area (Å²) in [6.45, 7) is 24.6. The SMILES string of the molecule is Cc1cc(C(C)(C)c2cc(C)c(Oc3cccc(Oc4c(C)cc(C(C)(C)c5cc(C)c(O)c(C)c5)cc4C)c3C#N)c(C)c2)cc(C)c1O. The van der Waals surface area contributed by atoms with Gasteiger partial charge in [-0.3, -0.25) is 0 Å². The maximum atomic E-state index is 10.4. The minimum absolute atomic E-state index is 0.314. The lowest BCUT2D eigenvalue weighted by molar-refractivity contribution is 0.449. The molecule has 5 aromatic carbocycles. The summed E-state index contributed by atoms with van der Waals surface area (Å²) in [6.07, 6.45) is 0. The molecule has 0 saturated carbocycles. The summed E-state index contributed by atoms with van der Waals surface area (Å²) in [5, 5.41) is 31.1. The molecule has 0 atom stereocenters. The Hall–Kier alpha value is -5.21. The van der Waals surface area contributed by atoms with Gasteiger partial charge in [-0.25, -0.2) is 0 Å². The normalized spacial score (nSPS) is 11.7. The fourth-order valence-corrected chi connectivity index (χ4v) is 6.92. The van der Waals surface area contributed by atoms with Gasteiger partial charge in [0.25, 0.3) is 0 Å². The van der Waals surface area contributed by atoms with Gasteiger partial charge in [0.15, 0.2) is 0 Å². The van der Waals surface area contributed by atoms with E-state index in [4.69, 9.17) is 9.47 Å². The maximum absolute atomic E-state index is 10.4. The number of phenolic OH excluding ortho intramolecular Hbond substituents is 2. The Morgan fingerprint density at radius 3 is 1.00 bits per heavy atom. The molecule has 5 heteroatoms. The number of rotatable bonds is 8. The number of ether oxygens (including phenoxy) is 2. The van der Waals surface area contributed by atoms with E-state index in [1.54, 1.807) is 12.1 Å². The van der Waals surface area contributed by atoms with Gasteiger partial charge >= 0.3 is 0 Å². The zero-order chi connectivity index (χ0) is 36.9. The first kappa shape index (κ1) is 36.1. The van der Waals surface area contributed by atoms with Gasteiger partial charge < -0.3 is 19.7 Å². The molecule has 5 rings (SSSR count). The molecule has 0 aliphatic heterocycles. The third-order valence-corrected chi connectivity index (χ3v) is 10.3. The number of benzene rings is 5. The van der Waals surface area contributed by atoms with Crippen molar-refractivity contribution in [3.8, 4) is 40.6 Å². The summed E-state index contributed by atoms with van der Waals surface area (Å²) in [5.74, 6) is 2.94. The number of phenols is 2. The van der Waals surface area contributed by atoms with E-state index in [0.29, 0.717) is 40.1 Å². The molecule has 0 amide bonds. The number of nitrogens with zero attached hydrogens (tertiary/aromatic N) is 1. The van der Waals surface area contributed by atoms with Crippen molar-refractivity contribution in [2.24, 2.45) is 0 Å². The minimum Gasteiger partial charge on any atom is -0.507 e. The van der Waals surface area contributed by atoms with Crippen LogP contribution in [0.4, 0.5) is 0 Å². The zero-order valence-electron chi connectivity index (χ0n) is 31.5. The predicted molar refractivity (Wildman–Crippen MR) is 203 cm³/mol. The molecule has 0 radical (unpaired) electrons. The lowest BCUT2D eigenvalue weighted by atomic mass is 9.76. The van der Waals surface area contributed by atoms with Crippen LogP contribution in [-0.2, 0) is 10.8 Å². The van der Waals surface area contributed by atoms with Crippen molar-refractivity contribution >= 4 is 0 Å². The van der Waals surface area contributed by atoms with E-state index in [-0.39, 0.29) is 10.8 Å². The van der Waals surface area contributed by atoms with Gasteiger partial charge in [0.2, 0.25) is 0 Å². The van der Waals surface area contributed by atoms with Gasteiger partial charge in [0.1, 0.15) is 46.1 Å². The number of hydrogen-bond acceptors (Lipinski definition) is 5. The van der Waals surface area contributed by atoms with Crippen molar-refractivity contribution < 1.29 is 19.7 Å². The Balaban J connectivity index is 1.46. The van der Waals surface area contributed by atoms with Crippen molar-refractivity contribution in [1.82, 2.24) is 0 Å². The van der Waals surface area contributed by atoms with Gasteiger partial charge in [0, 0.05) is 10.8 Å². The third kappa shape index (κ3) is 6.55. The predicted octanol–water partition coefficient (Wildman–Crippen LogP) is 11.7. The van der Waals surface area contributed by atoms with Crippen molar-refractivity contribution in [2.75, 3.05) is 0 Å². The van der Waals surface area contributed by atoms with Crippen molar-refractivity contribution in [3.63, 3.8) is 0 Å². The van der Waals surface area contributed by atoms with E-state index in [9.17, 15) is 15.5 Å². The van der Waals surface area contributed by atoms with Crippen LogP contribution in [0.3, 0.4) is 0 Å². The van der Waals surface area contributed by atoms with Crippen molar-refractivity contribution in [3.05, 3.63) is 139 Å². The Kier molecular flexibility index (Phi) is 9.56. The molecule has 0 aromatic heterocycles. The van der Waals surface area contributed by atoms with E-state index in [1.165, 1.54) is 0 Å². The van der Waals surface area contributed by atoms with E-state index in [0.717, 1.165) is 66.8 Å². The highest BCUT2D eigenvalue weighted by atomic mass is 16.5. The highest BCUT2D eigenvalue weighted by Crippen LogP contribution is 2.43. The second kappa shape index (κ2) is 13.2. The van der Waals surface area contributed by atoms with Gasteiger partial charge in [-0.05, 0) is 134 Å². The topological polar surface area (TPSA) is 82.7 Å². The fraction of sp³-hybridized carbons (Fsp3) is 0.311. The molecule has 2 N–H and O–H groups in total. The summed E-state index contributed by atoms with van der Waals surface area (Å²) >= 11 is 0. The van der Waals surface area contributed by atoms with Crippen molar-refractivity contribution in [1.29, 1.82) is 5.26 Å². The summed E-state index contributed by atoms with van der Waals surface area (Å²) < 4.78 is 13.0. The van der Waals surface area contributed by atoms with Crippen LogP contribution in [0.2, 0.25) is 0 Å². The van der Waals surface area contributed by atoms with Crippen LogP contribution in [0.15, 0.2) is 66.7 Å². The Morgan fingerprint density at radius 1 is 0.480 bits per heavy atom. The van der Waals surface area contributed by atoms with Crippen LogP contribution < -0.4 is 9.47 Å². The second-order valence-electron chi connectivity index (χ2n) is 15.0. The lowest BCUT2D eigenvalue weighted by Crippen LogP contribution is -2.20. The fourth-order valence-electron chi connectivity index (χ4n) is 6.92. The molecule has 0 spiro atoms. The van der Waals surface area contributed by atoms with E-state index < -0.39 is 0 Å². The largest absolute Gasteiger partial charge is 0.507 e. The molecule has 5 nitrogen and oxygen atoms in total. The van der Waals surface area contributed by atoms with Gasteiger partial charge in [-0.15, -0.1) is 0 Å². The number of nitriles is 1. The molecule has 258 valence electrons. The molecule has 0 saturated heterocycles. The third-order valence-electron chi connectivity index (χ3n) is 10.3. The summed E-state index contributed by atoms with van der Waals surface area (Å²) in [7, 11) is 0. The van der Waals surface area contributed by atoms with Crippen LogP contribution in [0.5, 0.6) is 34.5 Å². The standard InChI is InChI=1S/C45H49NO4/c1-25-16-33(17-26(2)40(25)47)44(9,10)35-20-29(5)42(30(6)21-35)49-38-14-13-15-39(37(38)24-46)50-43-31(7)22-36(23-32(43)8)45(11,12)34-18-27(3)41(48)28(4)19-34/h13-23,47-48H,1-12H3. The average molecular weight is 668 g/mol. The summed E-state index contributed by atoms with van der Waals surface area (Å²) in [4.78, 5) is 0. The first-order valence-electron chi connectivity index (χ1n) is 17.1. The summed E-state index contributed by atoms with van der Waals surface area (Å²) in [5.41, 5.74) is 11.5. The first-order valence-corrected chi connectivity index (χ1v) is 17.1. The molecule has 0 aliphatic rings. The monoisotopic (exact) mass is 667 g/mol. The quantitative estimate of drug-likeness (QED) is 0.172. The lowest BCUT2D eigenvalue weighted by Gasteiger charge is -2.29. The van der Waals surface area contributed by atoms with Crippen LogP contribution in [0, 0.1) is 66.7 Å².